The van der Waals surface area contributed by atoms with Crippen LogP contribution >= 0.6 is 0 Å². The Balaban J connectivity index is 1.83. The fourth-order valence-corrected chi connectivity index (χ4v) is 2.25. The van der Waals surface area contributed by atoms with Gasteiger partial charge in [-0.25, -0.2) is 4.79 Å². The highest BCUT2D eigenvalue weighted by Gasteiger charge is 2.33. The molecule has 0 aliphatic carbocycles. The van der Waals surface area contributed by atoms with Crippen molar-refractivity contribution in [2.75, 3.05) is 0 Å². The van der Waals surface area contributed by atoms with Crippen LogP contribution in [0.15, 0.2) is 54.4 Å². The van der Waals surface area contributed by atoms with E-state index in [1.54, 1.807) is 6.08 Å². The molecule has 0 saturated carbocycles. The van der Waals surface area contributed by atoms with E-state index in [0.717, 1.165) is 11.3 Å². The maximum Gasteiger partial charge on any atom is 0.329 e. The van der Waals surface area contributed by atoms with Crippen molar-refractivity contribution in [3.63, 3.8) is 0 Å². The average molecular weight is 281 g/mol. The molecule has 0 radical (unpaired) electrons. The maximum absolute atomic E-state index is 12.3. The molecule has 2 heterocycles. The summed E-state index contributed by atoms with van der Waals surface area (Å²) in [6.07, 6.45) is 3.57. The SMILES string of the molecule is Cn1cccc1/C=C1\NC(=O)N(Cc2ccccc2)C1=O. The van der Waals surface area contributed by atoms with Crippen molar-refractivity contribution in [2.24, 2.45) is 7.05 Å². The molecular formula is C16H15N3O2. The van der Waals surface area contributed by atoms with Gasteiger partial charge in [0.25, 0.3) is 5.91 Å². The van der Waals surface area contributed by atoms with Gasteiger partial charge in [0.1, 0.15) is 5.70 Å². The van der Waals surface area contributed by atoms with Gasteiger partial charge in [0.05, 0.1) is 6.54 Å². The molecule has 5 nitrogen and oxygen atoms in total. The monoisotopic (exact) mass is 281 g/mol. The van der Waals surface area contributed by atoms with E-state index in [9.17, 15) is 9.59 Å². The summed E-state index contributed by atoms with van der Waals surface area (Å²) in [6.45, 7) is 0.274. The summed E-state index contributed by atoms with van der Waals surface area (Å²) in [7, 11) is 1.88. The van der Waals surface area contributed by atoms with Crippen molar-refractivity contribution < 1.29 is 9.59 Å². The lowest BCUT2D eigenvalue weighted by Gasteiger charge is -2.11. The van der Waals surface area contributed by atoms with Gasteiger partial charge in [-0.1, -0.05) is 30.3 Å². The quantitative estimate of drug-likeness (QED) is 0.692. The number of urea groups is 1. The highest BCUT2D eigenvalue weighted by Crippen LogP contribution is 2.16. The number of nitrogens with one attached hydrogen (secondary N) is 1. The number of benzene rings is 1. The van der Waals surface area contributed by atoms with Crippen LogP contribution in [0.5, 0.6) is 0 Å². The third-order valence-corrected chi connectivity index (χ3v) is 3.42. The fraction of sp³-hybridized carbons (Fsp3) is 0.125. The summed E-state index contributed by atoms with van der Waals surface area (Å²) >= 11 is 0. The number of carbonyl (C=O) groups is 2. The lowest BCUT2D eigenvalue weighted by molar-refractivity contribution is -0.123. The number of imide groups is 1. The largest absolute Gasteiger partial charge is 0.351 e. The Bertz CT molecular complexity index is 716. The first kappa shape index (κ1) is 13.2. The summed E-state index contributed by atoms with van der Waals surface area (Å²) < 4.78 is 1.88. The Hall–Kier alpha value is -2.82. The maximum atomic E-state index is 12.3. The Kier molecular flexibility index (Phi) is 3.31. The van der Waals surface area contributed by atoms with E-state index in [0.29, 0.717) is 5.70 Å². The van der Waals surface area contributed by atoms with Crippen LogP contribution in [0.4, 0.5) is 4.79 Å². The van der Waals surface area contributed by atoms with Crippen LogP contribution in [-0.2, 0) is 18.4 Å². The summed E-state index contributed by atoms with van der Waals surface area (Å²) in [5, 5.41) is 2.62. The molecule has 0 unspecified atom stereocenters. The van der Waals surface area contributed by atoms with Crippen LogP contribution in [0, 0.1) is 0 Å². The molecule has 1 aliphatic heterocycles. The molecule has 106 valence electrons. The minimum absolute atomic E-state index is 0.274. The summed E-state index contributed by atoms with van der Waals surface area (Å²) in [4.78, 5) is 25.5. The summed E-state index contributed by atoms with van der Waals surface area (Å²) in [5.74, 6) is -0.301. The molecule has 1 aliphatic rings. The van der Waals surface area contributed by atoms with Crippen LogP contribution < -0.4 is 5.32 Å². The Morgan fingerprint density at radius 1 is 1.10 bits per heavy atom. The zero-order chi connectivity index (χ0) is 14.8. The lowest BCUT2D eigenvalue weighted by atomic mass is 10.2. The fourth-order valence-electron chi connectivity index (χ4n) is 2.25. The van der Waals surface area contributed by atoms with Gasteiger partial charge in [-0.15, -0.1) is 0 Å². The standard InChI is InChI=1S/C16H15N3O2/c1-18-9-5-8-13(18)10-14-15(20)19(16(21)17-14)11-12-6-3-2-4-7-12/h2-10H,11H2,1H3,(H,17,21)/b14-10-. The van der Waals surface area contributed by atoms with E-state index < -0.39 is 0 Å². The molecular weight excluding hydrogens is 266 g/mol. The van der Waals surface area contributed by atoms with E-state index in [-0.39, 0.29) is 18.5 Å². The van der Waals surface area contributed by atoms with Crippen molar-refractivity contribution in [2.45, 2.75) is 6.54 Å². The van der Waals surface area contributed by atoms with Gasteiger partial charge in [-0.2, -0.15) is 0 Å². The zero-order valence-electron chi connectivity index (χ0n) is 11.6. The van der Waals surface area contributed by atoms with Crippen LogP contribution in [-0.4, -0.2) is 21.4 Å². The van der Waals surface area contributed by atoms with Crippen LogP contribution in [0.25, 0.3) is 6.08 Å². The highest BCUT2D eigenvalue weighted by atomic mass is 16.2. The Morgan fingerprint density at radius 2 is 1.86 bits per heavy atom. The van der Waals surface area contributed by atoms with Gasteiger partial charge < -0.3 is 9.88 Å². The smallest absolute Gasteiger partial charge is 0.329 e. The molecule has 3 rings (SSSR count). The first-order chi connectivity index (χ1) is 10.1. The minimum Gasteiger partial charge on any atom is -0.351 e. The number of nitrogens with zero attached hydrogens (tertiary/aromatic N) is 2. The molecule has 5 heteroatoms. The molecule has 1 aromatic heterocycles. The van der Waals surface area contributed by atoms with Crippen LogP contribution in [0.1, 0.15) is 11.3 Å². The van der Waals surface area contributed by atoms with Crippen molar-refractivity contribution >= 4 is 18.0 Å². The van der Waals surface area contributed by atoms with Gasteiger partial charge in [0.2, 0.25) is 0 Å². The number of amides is 3. The van der Waals surface area contributed by atoms with Gasteiger partial charge in [0, 0.05) is 18.9 Å². The second kappa shape index (κ2) is 5.28. The molecule has 3 amide bonds. The van der Waals surface area contributed by atoms with Gasteiger partial charge in [-0.3, -0.25) is 9.69 Å². The molecule has 1 fully saturated rings. The van der Waals surface area contributed by atoms with Crippen LogP contribution in [0.3, 0.4) is 0 Å². The predicted octanol–water partition coefficient (Wildman–Crippen LogP) is 2.12. The molecule has 0 atom stereocenters. The van der Waals surface area contributed by atoms with E-state index in [1.807, 2.05) is 60.3 Å². The van der Waals surface area contributed by atoms with Gasteiger partial charge in [-0.05, 0) is 23.8 Å². The lowest BCUT2D eigenvalue weighted by Crippen LogP contribution is -2.30. The van der Waals surface area contributed by atoms with Crippen LogP contribution in [0.2, 0.25) is 0 Å². The predicted molar refractivity (Wildman–Crippen MR) is 78.9 cm³/mol. The second-order valence-corrected chi connectivity index (χ2v) is 4.91. The summed E-state index contributed by atoms with van der Waals surface area (Å²) in [5.41, 5.74) is 2.08. The third kappa shape index (κ3) is 2.58. The average Bonchev–Trinajstić information content (AvgIpc) is 2.99. The topological polar surface area (TPSA) is 54.3 Å². The Morgan fingerprint density at radius 3 is 2.52 bits per heavy atom. The number of carbonyl (C=O) groups excluding carboxylic acids is 2. The highest BCUT2D eigenvalue weighted by molar-refractivity contribution is 6.13. The number of hydrogen-bond donors (Lipinski definition) is 1. The third-order valence-electron chi connectivity index (χ3n) is 3.42. The molecule has 1 N–H and O–H groups in total. The Labute approximate surface area is 122 Å². The zero-order valence-corrected chi connectivity index (χ0v) is 11.6. The number of hydrogen-bond acceptors (Lipinski definition) is 2. The first-order valence-electron chi connectivity index (χ1n) is 6.65. The van der Waals surface area contributed by atoms with E-state index in [1.165, 1.54) is 4.90 Å². The number of aryl methyl sites for hydroxylation is 1. The van der Waals surface area contributed by atoms with E-state index in [2.05, 4.69) is 5.32 Å². The van der Waals surface area contributed by atoms with Gasteiger partial charge >= 0.3 is 6.03 Å². The van der Waals surface area contributed by atoms with Gasteiger partial charge in [0.15, 0.2) is 0 Å². The number of aromatic nitrogens is 1. The molecule has 0 spiro atoms. The number of rotatable bonds is 3. The van der Waals surface area contributed by atoms with Crippen molar-refractivity contribution in [3.05, 3.63) is 65.6 Å². The van der Waals surface area contributed by atoms with Crippen molar-refractivity contribution in [3.8, 4) is 0 Å². The second-order valence-electron chi connectivity index (χ2n) is 4.91. The minimum atomic E-state index is -0.385. The summed E-state index contributed by atoms with van der Waals surface area (Å²) in [6, 6.07) is 12.8. The molecule has 1 aromatic carbocycles. The van der Waals surface area contributed by atoms with Crippen molar-refractivity contribution in [1.29, 1.82) is 0 Å². The normalized spacial score (nSPS) is 16.6. The molecule has 2 aromatic rings. The molecule has 1 saturated heterocycles. The van der Waals surface area contributed by atoms with Crippen molar-refractivity contribution in [1.82, 2.24) is 14.8 Å². The first-order valence-corrected chi connectivity index (χ1v) is 6.65. The molecule has 0 bridgehead atoms. The van der Waals surface area contributed by atoms with E-state index >= 15 is 0 Å². The van der Waals surface area contributed by atoms with E-state index in [4.69, 9.17) is 0 Å². The molecule has 21 heavy (non-hydrogen) atoms.